The second-order valence-electron chi connectivity index (χ2n) is 7.23. The zero-order valence-electron chi connectivity index (χ0n) is 15.1. The molecule has 0 aliphatic carbocycles. The first-order chi connectivity index (χ1) is 11.5. The van der Waals surface area contributed by atoms with Gasteiger partial charge in [-0.1, -0.05) is 0 Å². The number of carbonyl (C=O) groups is 1. The number of carbonyl (C=O) groups excluding carboxylic acids is 1. The molecule has 2 fully saturated rings. The van der Waals surface area contributed by atoms with Gasteiger partial charge in [0.25, 0.3) is 0 Å². The van der Waals surface area contributed by atoms with Crippen molar-refractivity contribution in [3.8, 4) is 0 Å². The van der Waals surface area contributed by atoms with Crippen molar-refractivity contribution in [3.63, 3.8) is 0 Å². The number of hydrogen-bond acceptors (Lipinski definition) is 5. The molecule has 0 bridgehead atoms. The highest BCUT2D eigenvalue weighted by atomic mass is 32.2. The molecular weight excluding hydrogens is 338 g/mol. The van der Waals surface area contributed by atoms with Crippen LogP contribution >= 0.6 is 23.1 Å². The molecule has 3 rings (SSSR count). The summed E-state index contributed by atoms with van der Waals surface area (Å²) >= 11 is 3.62. The van der Waals surface area contributed by atoms with Crippen LogP contribution in [0.1, 0.15) is 32.3 Å². The van der Waals surface area contributed by atoms with Gasteiger partial charge in [-0.2, -0.15) is 0 Å². The third kappa shape index (κ3) is 4.09. The molecule has 134 valence electrons. The monoisotopic (exact) mass is 367 g/mol. The Hall–Kier alpha value is -0.720. The highest BCUT2D eigenvalue weighted by molar-refractivity contribution is 8.01. The van der Waals surface area contributed by atoms with Crippen LogP contribution in [0.4, 0.5) is 5.00 Å². The van der Waals surface area contributed by atoms with Crippen LogP contribution in [0.3, 0.4) is 0 Å². The van der Waals surface area contributed by atoms with Crippen molar-refractivity contribution in [2.45, 2.75) is 38.5 Å². The minimum absolute atomic E-state index is 0.0126. The lowest BCUT2D eigenvalue weighted by molar-refractivity contribution is -0.129. The van der Waals surface area contributed by atoms with E-state index in [4.69, 9.17) is 0 Å². The van der Waals surface area contributed by atoms with E-state index in [1.54, 1.807) is 11.8 Å². The summed E-state index contributed by atoms with van der Waals surface area (Å²) in [5.41, 5.74) is 1.41. The third-order valence-corrected chi connectivity index (χ3v) is 7.49. The van der Waals surface area contributed by atoms with E-state index in [9.17, 15) is 4.79 Å². The fraction of sp³-hybridized carbons (Fsp3) is 0.722. The molecule has 6 heteroatoms. The smallest absolute Gasteiger partial charge is 0.233 e. The SMILES string of the molecule is Cc1ccsc1N1CCN(CCCCN2C(=O)CSC2(C)C)CC1. The van der Waals surface area contributed by atoms with E-state index in [0.29, 0.717) is 11.7 Å². The summed E-state index contributed by atoms with van der Waals surface area (Å²) in [6, 6.07) is 2.21. The lowest BCUT2D eigenvalue weighted by Gasteiger charge is -2.36. The molecule has 3 heterocycles. The zero-order valence-corrected chi connectivity index (χ0v) is 16.7. The van der Waals surface area contributed by atoms with Gasteiger partial charge < -0.3 is 9.80 Å². The number of rotatable bonds is 6. The highest BCUT2D eigenvalue weighted by Gasteiger charge is 2.37. The van der Waals surface area contributed by atoms with Crippen LogP contribution in [-0.4, -0.2) is 65.6 Å². The first-order valence-electron chi connectivity index (χ1n) is 8.93. The number of thioether (sulfide) groups is 1. The van der Waals surface area contributed by atoms with Gasteiger partial charge in [-0.15, -0.1) is 23.1 Å². The Balaban J connectivity index is 1.35. The Morgan fingerprint density at radius 2 is 1.83 bits per heavy atom. The molecule has 1 aromatic rings. The van der Waals surface area contributed by atoms with Crippen molar-refractivity contribution in [2.75, 3.05) is 49.9 Å². The second-order valence-corrected chi connectivity index (χ2v) is 9.70. The summed E-state index contributed by atoms with van der Waals surface area (Å²) in [4.78, 5) is 19.1. The molecule has 24 heavy (non-hydrogen) atoms. The van der Waals surface area contributed by atoms with Crippen LogP contribution in [0.25, 0.3) is 0 Å². The second kappa shape index (κ2) is 7.67. The van der Waals surface area contributed by atoms with Crippen LogP contribution in [0.5, 0.6) is 0 Å². The van der Waals surface area contributed by atoms with Crippen molar-refractivity contribution in [1.29, 1.82) is 0 Å². The molecule has 0 unspecified atom stereocenters. The Labute approximate surface area is 154 Å². The quantitative estimate of drug-likeness (QED) is 0.721. The average molecular weight is 368 g/mol. The molecule has 1 amide bonds. The molecule has 0 radical (unpaired) electrons. The zero-order chi connectivity index (χ0) is 17.2. The van der Waals surface area contributed by atoms with Crippen LogP contribution in [0.2, 0.25) is 0 Å². The molecule has 1 aromatic heterocycles. The van der Waals surface area contributed by atoms with Gasteiger partial charge in [0.2, 0.25) is 5.91 Å². The van der Waals surface area contributed by atoms with Gasteiger partial charge in [-0.05, 0) is 57.2 Å². The molecule has 2 aliphatic rings. The lowest BCUT2D eigenvalue weighted by Crippen LogP contribution is -2.46. The highest BCUT2D eigenvalue weighted by Crippen LogP contribution is 2.35. The van der Waals surface area contributed by atoms with E-state index >= 15 is 0 Å². The predicted molar refractivity (Wildman–Crippen MR) is 105 cm³/mol. The number of nitrogens with zero attached hydrogens (tertiary/aromatic N) is 3. The van der Waals surface area contributed by atoms with Gasteiger partial charge in [0.05, 0.1) is 15.6 Å². The number of piperazine rings is 1. The number of unbranched alkanes of at least 4 members (excludes halogenated alkanes) is 1. The topological polar surface area (TPSA) is 26.8 Å². The number of hydrogen-bond donors (Lipinski definition) is 0. The van der Waals surface area contributed by atoms with E-state index in [-0.39, 0.29) is 4.87 Å². The molecule has 4 nitrogen and oxygen atoms in total. The van der Waals surface area contributed by atoms with E-state index in [0.717, 1.165) is 45.7 Å². The normalized spacial score (nSPS) is 21.7. The summed E-state index contributed by atoms with van der Waals surface area (Å²) in [6.45, 7) is 13.2. The van der Waals surface area contributed by atoms with Crippen molar-refractivity contribution in [1.82, 2.24) is 9.80 Å². The molecule has 0 atom stereocenters. The average Bonchev–Trinajstić information content (AvgIpc) is 3.09. The van der Waals surface area contributed by atoms with E-state index in [2.05, 4.69) is 46.9 Å². The van der Waals surface area contributed by atoms with Gasteiger partial charge >= 0.3 is 0 Å². The minimum atomic E-state index is -0.0126. The van der Waals surface area contributed by atoms with Crippen LogP contribution in [-0.2, 0) is 4.79 Å². The molecule has 0 N–H and O–H groups in total. The third-order valence-electron chi connectivity index (χ3n) is 5.10. The summed E-state index contributed by atoms with van der Waals surface area (Å²) in [5.74, 6) is 0.960. The molecule has 2 saturated heterocycles. The molecule has 0 spiro atoms. The Bertz CT molecular complexity index is 564. The maximum Gasteiger partial charge on any atom is 0.233 e. The van der Waals surface area contributed by atoms with Crippen molar-refractivity contribution in [3.05, 3.63) is 17.0 Å². The Morgan fingerprint density at radius 3 is 2.42 bits per heavy atom. The van der Waals surface area contributed by atoms with Crippen LogP contribution in [0.15, 0.2) is 11.4 Å². The van der Waals surface area contributed by atoms with Crippen molar-refractivity contribution in [2.24, 2.45) is 0 Å². The first kappa shape index (κ1) is 18.1. The van der Waals surface area contributed by atoms with Gasteiger partial charge in [-0.3, -0.25) is 9.69 Å². The minimum Gasteiger partial charge on any atom is -0.361 e. The summed E-state index contributed by atoms with van der Waals surface area (Å²) in [5, 5.41) is 3.64. The number of aryl methyl sites for hydroxylation is 1. The maximum absolute atomic E-state index is 12.0. The van der Waals surface area contributed by atoms with Gasteiger partial charge in [0.15, 0.2) is 0 Å². The maximum atomic E-state index is 12.0. The molecule has 0 saturated carbocycles. The predicted octanol–water partition coefficient (Wildman–Crippen LogP) is 3.27. The fourth-order valence-corrected chi connectivity index (χ4v) is 5.53. The van der Waals surface area contributed by atoms with Crippen LogP contribution < -0.4 is 4.90 Å². The van der Waals surface area contributed by atoms with E-state index < -0.39 is 0 Å². The fourth-order valence-electron chi connectivity index (χ4n) is 3.56. The summed E-state index contributed by atoms with van der Waals surface area (Å²) in [6.07, 6.45) is 2.29. The van der Waals surface area contributed by atoms with Gasteiger partial charge in [0, 0.05) is 32.7 Å². The molecular formula is C18H29N3OS2. The van der Waals surface area contributed by atoms with Crippen molar-refractivity contribution < 1.29 is 4.79 Å². The largest absolute Gasteiger partial charge is 0.361 e. The Morgan fingerprint density at radius 1 is 1.12 bits per heavy atom. The number of anilines is 1. The molecule has 0 aromatic carbocycles. The Kier molecular flexibility index (Phi) is 5.78. The summed E-state index contributed by atoms with van der Waals surface area (Å²) in [7, 11) is 0. The summed E-state index contributed by atoms with van der Waals surface area (Å²) < 4.78 is 0. The lowest BCUT2D eigenvalue weighted by atomic mass is 10.2. The standard InChI is InChI=1S/C18H29N3OS2/c1-15-6-13-23-17(15)20-11-9-19(10-12-20)7-4-5-8-21-16(22)14-24-18(21,2)3/h6,13H,4-5,7-12,14H2,1-3H3. The number of thiophene rings is 1. The first-order valence-corrected chi connectivity index (χ1v) is 10.8. The van der Waals surface area contributed by atoms with Crippen molar-refractivity contribution >= 4 is 34.0 Å². The van der Waals surface area contributed by atoms with E-state index in [1.807, 2.05) is 11.3 Å². The van der Waals surface area contributed by atoms with E-state index in [1.165, 1.54) is 17.0 Å². The van der Waals surface area contributed by atoms with Gasteiger partial charge in [0.1, 0.15) is 0 Å². The number of amides is 1. The van der Waals surface area contributed by atoms with Crippen LogP contribution in [0, 0.1) is 6.92 Å². The molecule has 2 aliphatic heterocycles. The van der Waals surface area contributed by atoms with Gasteiger partial charge in [-0.25, -0.2) is 0 Å².